The molecular formula is C19H19N3O2S. The molecule has 3 aromatic rings. The Hall–Kier alpha value is -2.31. The Bertz CT molecular complexity index is 854. The van der Waals surface area contributed by atoms with E-state index < -0.39 is 0 Å². The van der Waals surface area contributed by atoms with Crippen LogP contribution in [0.2, 0.25) is 0 Å². The highest BCUT2D eigenvalue weighted by atomic mass is 32.2. The van der Waals surface area contributed by atoms with Gasteiger partial charge in [-0.3, -0.25) is 4.79 Å². The third kappa shape index (κ3) is 3.55. The summed E-state index contributed by atoms with van der Waals surface area (Å²) in [6.45, 7) is 2.54. The molecule has 1 aliphatic rings. The van der Waals surface area contributed by atoms with Crippen molar-refractivity contribution in [3.05, 3.63) is 59.7 Å². The Balaban J connectivity index is 1.51. The number of imidazole rings is 1. The molecule has 128 valence electrons. The van der Waals surface area contributed by atoms with E-state index in [2.05, 4.69) is 9.97 Å². The molecule has 0 aliphatic carbocycles. The highest BCUT2D eigenvalue weighted by molar-refractivity contribution is 7.98. The van der Waals surface area contributed by atoms with Crippen LogP contribution in [0.5, 0.6) is 0 Å². The second-order valence-corrected chi connectivity index (χ2v) is 6.87. The zero-order chi connectivity index (χ0) is 17.1. The van der Waals surface area contributed by atoms with Gasteiger partial charge in [-0.15, -0.1) is 0 Å². The number of aromatic amines is 1. The highest BCUT2D eigenvalue weighted by Gasteiger charge is 2.20. The van der Waals surface area contributed by atoms with Gasteiger partial charge in [0.05, 0.1) is 24.2 Å². The molecule has 1 N–H and O–H groups in total. The molecule has 1 amide bonds. The van der Waals surface area contributed by atoms with E-state index >= 15 is 0 Å². The number of para-hydroxylation sites is 2. The number of thioether (sulfide) groups is 1. The maximum atomic E-state index is 12.8. The maximum absolute atomic E-state index is 12.8. The molecule has 0 saturated carbocycles. The molecule has 1 aromatic heterocycles. The molecule has 0 bridgehead atoms. The van der Waals surface area contributed by atoms with E-state index in [1.807, 2.05) is 53.4 Å². The Kier molecular flexibility index (Phi) is 4.72. The van der Waals surface area contributed by atoms with Crippen molar-refractivity contribution in [1.29, 1.82) is 0 Å². The second kappa shape index (κ2) is 7.29. The number of carbonyl (C=O) groups is 1. The molecule has 1 fully saturated rings. The van der Waals surface area contributed by atoms with Gasteiger partial charge in [0.15, 0.2) is 5.16 Å². The van der Waals surface area contributed by atoms with Crippen molar-refractivity contribution in [2.45, 2.75) is 10.9 Å². The van der Waals surface area contributed by atoms with Gasteiger partial charge in [0, 0.05) is 24.4 Å². The number of ether oxygens (including phenoxy) is 1. The van der Waals surface area contributed by atoms with Crippen molar-refractivity contribution in [1.82, 2.24) is 14.9 Å². The molecule has 6 heteroatoms. The van der Waals surface area contributed by atoms with E-state index in [1.54, 1.807) is 11.8 Å². The van der Waals surface area contributed by atoms with Crippen LogP contribution in [0.3, 0.4) is 0 Å². The predicted octanol–water partition coefficient (Wildman–Crippen LogP) is 3.33. The summed E-state index contributed by atoms with van der Waals surface area (Å²) < 4.78 is 5.34. The summed E-state index contributed by atoms with van der Waals surface area (Å²) >= 11 is 1.62. The minimum atomic E-state index is 0.0871. The number of hydrogen-bond donors (Lipinski definition) is 1. The third-order valence-electron chi connectivity index (χ3n) is 4.28. The first-order valence-corrected chi connectivity index (χ1v) is 9.32. The van der Waals surface area contributed by atoms with Crippen molar-refractivity contribution in [2.75, 3.05) is 26.3 Å². The first-order chi connectivity index (χ1) is 12.3. The Morgan fingerprint density at radius 3 is 2.72 bits per heavy atom. The second-order valence-electron chi connectivity index (χ2n) is 5.91. The van der Waals surface area contributed by atoms with Crippen LogP contribution in [0.15, 0.2) is 53.7 Å². The van der Waals surface area contributed by atoms with Crippen molar-refractivity contribution in [3.63, 3.8) is 0 Å². The number of nitrogens with zero attached hydrogens (tertiary/aromatic N) is 2. The van der Waals surface area contributed by atoms with Crippen molar-refractivity contribution >= 4 is 28.7 Å². The number of carbonyl (C=O) groups excluding carboxylic acids is 1. The zero-order valence-corrected chi connectivity index (χ0v) is 14.6. The van der Waals surface area contributed by atoms with Gasteiger partial charge in [-0.05, 0) is 23.8 Å². The smallest absolute Gasteiger partial charge is 0.254 e. The van der Waals surface area contributed by atoms with E-state index in [-0.39, 0.29) is 5.91 Å². The quantitative estimate of drug-likeness (QED) is 0.731. The maximum Gasteiger partial charge on any atom is 0.254 e. The summed E-state index contributed by atoms with van der Waals surface area (Å²) in [6.07, 6.45) is 0. The lowest BCUT2D eigenvalue weighted by Crippen LogP contribution is -2.41. The van der Waals surface area contributed by atoms with Gasteiger partial charge in [-0.2, -0.15) is 0 Å². The van der Waals surface area contributed by atoms with E-state index in [0.717, 1.165) is 27.3 Å². The van der Waals surface area contributed by atoms with Crippen LogP contribution in [0, 0.1) is 0 Å². The normalized spacial score (nSPS) is 14.8. The lowest BCUT2D eigenvalue weighted by atomic mass is 10.1. The lowest BCUT2D eigenvalue weighted by molar-refractivity contribution is 0.0302. The molecule has 4 rings (SSSR count). The average molecular weight is 353 g/mol. The van der Waals surface area contributed by atoms with Crippen molar-refractivity contribution in [3.8, 4) is 0 Å². The fourth-order valence-corrected chi connectivity index (χ4v) is 3.82. The Morgan fingerprint density at radius 2 is 1.88 bits per heavy atom. The molecule has 25 heavy (non-hydrogen) atoms. The zero-order valence-electron chi connectivity index (χ0n) is 13.8. The molecule has 0 atom stereocenters. The summed E-state index contributed by atoms with van der Waals surface area (Å²) in [5, 5.41) is 0.870. The summed E-state index contributed by atoms with van der Waals surface area (Å²) in [5.41, 5.74) is 3.79. The van der Waals surface area contributed by atoms with Gasteiger partial charge >= 0.3 is 0 Å². The first kappa shape index (κ1) is 16.2. The average Bonchev–Trinajstić information content (AvgIpc) is 3.10. The predicted molar refractivity (Wildman–Crippen MR) is 98.8 cm³/mol. The highest BCUT2D eigenvalue weighted by Crippen LogP contribution is 2.25. The lowest BCUT2D eigenvalue weighted by Gasteiger charge is -2.27. The molecule has 0 spiro atoms. The molecule has 2 aromatic carbocycles. The summed E-state index contributed by atoms with van der Waals surface area (Å²) in [4.78, 5) is 22.6. The molecule has 1 aliphatic heterocycles. The van der Waals surface area contributed by atoms with Crippen LogP contribution in [-0.4, -0.2) is 47.1 Å². The first-order valence-electron chi connectivity index (χ1n) is 8.34. The van der Waals surface area contributed by atoms with Gasteiger partial charge in [0.25, 0.3) is 5.91 Å². The molecule has 0 radical (unpaired) electrons. The Labute approximate surface area is 150 Å². The van der Waals surface area contributed by atoms with Gasteiger partial charge in [0.1, 0.15) is 0 Å². The van der Waals surface area contributed by atoms with Crippen molar-refractivity contribution in [2.24, 2.45) is 0 Å². The standard InChI is InChI=1S/C19H19N3O2S/c23-18(22-9-11-24-12-10-22)15-6-2-1-5-14(15)13-25-19-20-16-7-3-4-8-17(16)21-19/h1-8H,9-13H2,(H,20,21). The number of benzene rings is 2. The largest absolute Gasteiger partial charge is 0.378 e. The summed E-state index contributed by atoms with van der Waals surface area (Å²) in [7, 11) is 0. The molecule has 5 nitrogen and oxygen atoms in total. The van der Waals surface area contributed by atoms with E-state index in [1.165, 1.54) is 0 Å². The van der Waals surface area contributed by atoms with Gasteiger partial charge < -0.3 is 14.6 Å². The number of hydrogen-bond acceptors (Lipinski definition) is 4. The van der Waals surface area contributed by atoms with E-state index in [9.17, 15) is 4.79 Å². The molecule has 0 unspecified atom stereocenters. The van der Waals surface area contributed by atoms with E-state index in [0.29, 0.717) is 32.1 Å². The van der Waals surface area contributed by atoms with Gasteiger partial charge in [-0.1, -0.05) is 42.1 Å². The minimum Gasteiger partial charge on any atom is -0.378 e. The number of aromatic nitrogens is 2. The summed E-state index contributed by atoms with van der Waals surface area (Å²) in [6, 6.07) is 15.8. The minimum absolute atomic E-state index is 0.0871. The summed E-state index contributed by atoms with van der Waals surface area (Å²) in [5.74, 6) is 0.788. The molecular weight excluding hydrogens is 334 g/mol. The van der Waals surface area contributed by atoms with Crippen LogP contribution in [0.1, 0.15) is 15.9 Å². The number of amides is 1. The van der Waals surface area contributed by atoms with Gasteiger partial charge in [0.2, 0.25) is 0 Å². The molecule has 2 heterocycles. The monoisotopic (exact) mass is 353 g/mol. The Morgan fingerprint density at radius 1 is 1.12 bits per heavy atom. The fourth-order valence-electron chi connectivity index (χ4n) is 2.94. The van der Waals surface area contributed by atoms with Crippen LogP contribution < -0.4 is 0 Å². The number of H-pyrrole nitrogens is 1. The number of nitrogens with one attached hydrogen (secondary N) is 1. The van der Waals surface area contributed by atoms with Crippen LogP contribution in [-0.2, 0) is 10.5 Å². The van der Waals surface area contributed by atoms with Crippen molar-refractivity contribution < 1.29 is 9.53 Å². The van der Waals surface area contributed by atoms with Crippen LogP contribution in [0.4, 0.5) is 0 Å². The fraction of sp³-hybridized carbons (Fsp3) is 0.263. The van der Waals surface area contributed by atoms with Gasteiger partial charge in [-0.25, -0.2) is 4.98 Å². The van der Waals surface area contributed by atoms with Crippen LogP contribution >= 0.6 is 11.8 Å². The van der Waals surface area contributed by atoms with Crippen LogP contribution in [0.25, 0.3) is 11.0 Å². The third-order valence-corrected chi connectivity index (χ3v) is 5.20. The SMILES string of the molecule is O=C(c1ccccc1CSc1nc2ccccc2[nH]1)N1CCOCC1. The number of fused-ring (bicyclic) bond motifs is 1. The number of morpholine rings is 1. The van der Waals surface area contributed by atoms with E-state index in [4.69, 9.17) is 4.74 Å². The number of rotatable bonds is 4. The topological polar surface area (TPSA) is 58.2 Å². The molecule has 1 saturated heterocycles.